The molecule has 1 aliphatic rings. The highest BCUT2D eigenvalue weighted by atomic mass is 32.2. The molecule has 0 radical (unpaired) electrons. The van der Waals surface area contributed by atoms with Crippen molar-refractivity contribution in [3.8, 4) is 0 Å². The molecule has 6 heteroatoms. The Balaban J connectivity index is 2.00. The van der Waals surface area contributed by atoms with E-state index >= 15 is 0 Å². The molecule has 1 aromatic carbocycles. The van der Waals surface area contributed by atoms with Crippen molar-refractivity contribution < 1.29 is 18.3 Å². The lowest BCUT2D eigenvalue weighted by molar-refractivity contribution is -0.137. The molecular formula is C13H17NO4S. The molecule has 0 heterocycles. The number of carbonyl (C=O) groups is 1. The van der Waals surface area contributed by atoms with Crippen molar-refractivity contribution in [1.82, 2.24) is 4.72 Å². The van der Waals surface area contributed by atoms with Gasteiger partial charge in [0.2, 0.25) is 10.0 Å². The second-order valence-corrected chi connectivity index (χ2v) is 6.66. The maximum Gasteiger partial charge on any atom is 0.304 e. The minimum Gasteiger partial charge on any atom is -0.481 e. The molecule has 19 heavy (non-hydrogen) atoms. The molecule has 1 aliphatic carbocycles. The van der Waals surface area contributed by atoms with Crippen molar-refractivity contribution in [3.63, 3.8) is 0 Å². The largest absolute Gasteiger partial charge is 0.481 e. The summed E-state index contributed by atoms with van der Waals surface area (Å²) in [4.78, 5) is 10.8. The van der Waals surface area contributed by atoms with E-state index in [2.05, 4.69) is 4.72 Å². The third-order valence-corrected chi connectivity index (χ3v) is 4.49. The Hall–Kier alpha value is -1.40. The molecule has 0 amide bonds. The van der Waals surface area contributed by atoms with Gasteiger partial charge in [-0.25, -0.2) is 13.1 Å². The van der Waals surface area contributed by atoms with Gasteiger partial charge in [0.05, 0.1) is 12.2 Å². The van der Waals surface area contributed by atoms with Crippen LogP contribution in [0.1, 0.15) is 24.8 Å². The molecule has 0 aromatic heterocycles. The quantitative estimate of drug-likeness (QED) is 0.791. The average Bonchev–Trinajstić information content (AvgIpc) is 3.11. The Labute approximate surface area is 112 Å². The molecule has 1 unspecified atom stereocenters. The van der Waals surface area contributed by atoms with Gasteiger partial charge in [0.25, 0.3) is 0 Å². The lowest BCUT2D eigenvalue weighted by Gasteiger charge is -2.16. The molecule has 5 nitrogen and oxygen atoms in total. The fraction of sp³-hybridized carbons (Fsp3) is 0.462. The summed E-state index contributed by atoms with van der Waals surface area (Å²) in [5.41, 5.74) is 0.694. The fourth-order valence-electron chi connectivity index (χ4n) is 2.06. The van der Waals surface area contributed by atoms with E-state index in [4.69, 9.17) is 5.11 Å². The van der Waals surface area contributed by atoms with Gasteiger partial charge in [-0.3, -0.25) is 4.79 Å². The molecule has 2 N–H and O–H groups in total. The highest BCUT2D eigenvalue weighted by molar-refractivity contribution is 7.88. The maximum absolute atomic E-state index is 12.0. The normalized spacial score (nSPS) is 17.1. The summed E-state index contributed by atoms with van der Waals surface area (Å²) in [7, 11) is -3.50. The standard InChI is InChI=1S/C13H17NO4S/c15-13(16)8-12(11-6-7-11)14-19(17,18)9-10-4-2-1-3-5-10/h1-5,11-12,14H,6-9H2,(H,15,16). The van der Waals surface area contributed by atoms with E-state index in [0.29, 0.717) is 5.56 Å². The second-order valence-electron chi connectivity index (χ2n) is 4.90. The van der Waals surface area contributed by atoms with Gasteiger partial charge < -0.3 is 5.11 Å². The minimum absolute atomic E-state index is 0.114. The summed E-state index contributed by atoms with van der Waals surface area (Å²) in [6, 6.07) is 8.37. The van der Waals surface area contributed by atoms with Crippen molar-refractivity contribution in [3.05, 3.63) is 35.9 Å². The molecule has 1 fully saturated rings. The molecule has 0 aliphatic heterocycles. The van der Waals surface area contributed by atoms with Crippen LogP contribution in [-0.2, 0) is 20.6 Å². The zero-order chi connectivity index (χ0) is 13.9. The van der Waals surface area contributed by atoms with Gasteiger partial charge in [-0.15, -0.1) is 0 Å². The van der Waals surface area contributed by atoms with Gasteiger partial charge in [0.15, 0.2) is 0 Å². The Morgan fingerprint density at radius 1 is 1.32 bits per heavy atom. The number of carboxylic acid groups (broad SMARTS) is 1. The van der Waals surface area contributed by atoms with Crippen LogP contribution in [0.5, 0.6) is 0 Å². The number of hydrogen-bond acceptors (Lipinski definition) is 3. The molecule has 0 bridgehead atoms. The van der Waals surface area contributed by atoms with Crippen LogP contribution in [0.25, 0.3) is 0 Å². The Kier molecular flexibility index (Phi) is 4.21. The summed E-state index contributed by atoms with van der Waals surface area (Å²) in [6.45, 7) is 0. The van der Waals surface area contributed by atoms with E-state index in [9.17, 15) is 13.2 Å². The van der Waals surface area contributed by atoms with Crippen molar-refractivity contribution >= 4 is 16.0 Å². The molecule has 104 valence electrons. The fourth-order valence-corrected chi connectivity index (χ4v) is 3.51. The minimum atomic E-state index is -3.50. The van der Waals surface area contributed by atoms with E-state index in [0.717, 1.165) is 12.8 Å². The van der Waals surface area contributed by atoms with E-state index in [1.165, 1.54) is 0 Å². The number of aliphatic carboxylic acids is 1. The maximum atomic E-state index is 12.0. The van der Waals surface area contributed by atoms with Crippen molar-refractivity contribution in [1.29, 1.82) is 0 Å². The van der Waals surface area contributed by atoms with E-state index in [-0.39, 0.29) is 18.1 Å². The summed E-state index contributed by atoms with van der Waals surface area (Å²) in [5, 5.41) is 8.81. The third-order valence-electron chi connectivity index (χ3n) is 3.12. The first-order valence-electron chi connectivity index (χ1n) is 6.22. The molecule has 2 rings (SSSR count). The molecule has 1 aromatic rings. The monoisotopic (exact) mass is 283 g/mol. The first kappa shape index (κ1) is 14.0. The zero-order valence-electron chi connectivity index (χ0n) is 10.5. The van der Waals surface area contributed by atoms with Gasteiger partial charge >= 0.3 is 5.97 Å². The van der Waals surface area contributed by atoms with E-state index in [1.807, 2.05) is 6.07 Å². The van der Waals surface area contributed by atoms with Gasteiger partial charge in [-0.1, -0.05) is 30.3 Å². The summed E-state index contributed by atoms with van der Waals surface area (Å²) in [6.07, 6.45) is 1.64. The van der Waals surface area contributed by atoms with Crippen LogP contribution in [-0.4, -0.2) is 25.5 Å². The topological polar surface area (TPSA) is 83.5 Å². The van der Waals surface area contributed by atoms with Gasteiger partial charge in [-0.05, 0) is 24.3 Å². The SMILES string of the molecule is O=C(O)CC(NS(=O)(=O)Cc1ccccc1)C1CC1. The number of hydrogen-bond donors (Lipinski definition) is 2. The van der Waals surface area contributed by atoms with Crippen LogP contribution >= 0.6 is 0 Å². The summed E-state index contributed by atoms with van der Waals surface area (Å²) in [5.74, 6) is -0.919. The Morgan fingerprint density at radius 2 is 1.95 bits per heavy atom. The first-order chi connectivity index (χ1) is 8.96. The number of carboxylic acids is 1. The predicted octanol–water partition coefficient (Wildman–Crippen LogP) is 1.36. The van der Waals surface area contributed by atoms with Crippen LogP contribution in [0.3, 0.4) is 0 Å². The molecule has 1 saturated carbocycles. The van der Waals surface area contributed by atoms with Crippen molar-refractivity contribution in [2.75, 3.05) is 0 Å². The van der Waals surface area contributed by atoms with Gasteiger partial charge in [0.1, 0.15) is 0 Å². The van der Waals surface area contributed by atoms with Crippen LogP contribution in [0, 0.1) is 5.92 Å². The van der Waals surface area contributed by atoms with Crippen molar-refractivity contribution in [2.24, 2.45) is 5.92 Å². The van der Waals surface area contributed by atoms with E-state index < -0.39 is 22.0 Å². The molecule has 0 spiro atoms. The first-order valence-corrected chi connectivity index (χ1v) is 7.87. The number of nitrogens with one attached hydrogen (secondary N) is 1. The summed E-state index contributed by atoms with van der Waals surface area (Å²) < 4.78 is 26.6. The second kappa shape index (κ2) is 5.71. The summed E-state index contributed by atoms with van der Waals surface area (Å²) >= 11 is 0. The highest BCUT2D eigenvalue weighted by Gasteiger charge is 2.35. The smallest absolute Gasteiger partial charge is 0.304 e. The molecule has 1 atom stereocenters. The van der Waals surface area contributed by atoms with Crippen LogP contribution in [0.2, 0.25) is 0 Å². The van der Waals surface area contributed by atoms with E-state index in [1.54, 1.807) is 24.3 Å². The number of sulfonamides is 1. The average molecular weight is 283 g/mol. The van der Waals surface area contributed by atoms with Crippen LogP contribution in [0.4, 0.5) is 0 Å². The van der Waals surface area contributed by atoms with Gasteiger partial charge in [-0.2, -0.15) is 0 Å². The molecule has 0 saturated heterocycles. The van der Waals surface area contributed by atoms with Crippen LogP contribution < -0.4 is 4.72 Å². The molecular weight excluding hydrogens is 266 g/mol. The van der Waals surface area contributed by atoms with Crippen LogP contribution in [0.15, 0.2) is 30.3 Å². The number of rotatable bonds is 7. The lowest BCUT2D eigenvalue weighted by atomic mass is 10.1. The zero-order valence-corrected chi connectivity index (χ0v) is 11.3. The Bertz CT molecular complexity index is 537. The van der Waals surface area contributed by atoms with Gasteiger partial charge in [0, 0.05) is 6.04 Å². The predicted molar refractivity (Wildman–Crippen MR) is 71.0 cm³/mol. The third kappa shape index (κ3) is 4.65. The Morgan fingerprint density at radius 3 is 2.47 bits per heavy atom. The van der Waals surface area contributed by atoms with Crippen molar-refractivity contribution in [2.45, 2.75) is 31.1 Å². The number of benzene rings is 1. The lowest BCUT2D eigenvalue weighted by Crippen LogP contribution is -2.38. The highest BCUT2D eigenvalue weighted by Crippen LogP contribution is 2.34.